The summed E-state index contributed by atoms with van der Waals surface area (Å²) in [5, 5.41) is 24.8. The molecule has 1 aromatic rings. The third kappa shape index (κ3) is 2.23. The summed E-state index contributed by atoms with van der Waals surface area (Å²) in [6, 6.07) is 0. The molecule has 0 bridgehead atoms. The van der Waals surface area contributed by atoms with Crippen molar-refractivity contribution in [2.24, 2.45) is 13.0 Å². The van der Waals surface area contributed by atoms with Crippen LogP contribution < -0.4 is 4.90 Å². The molecule has 0 saturated carbocycles. The van der Waals surface area contributed by atoms with Gasteiger partial charge in [0.15, 0.2) is 0 Å². The van der Waals surface area contributed by atoms with E-state index in [0.717, 1.165) is 6.42 Å². The quantitative estimate of drug-likeness (QED) is 0.602. The van der Waals surface area contributed by atoms with E-state index in [-0.39, 0.29) is 11.6 Å². The number of aromatic nitrogens is 2. The van der Waals surface area contributed by atoms with Gasteiger partial charge in [-0.15, -0.1) is 5.10 Å². The second kappa shape index (κ2) is 4.33. The minimum absolute atomic E-state index is 0.00532. The van der Waals surface area contributed by atoms with Crippen LogP contribution in [0.5, 0.6) is 0 Å². The highest BCUT2D eigenvalue weighted by Gasteiger charge is 2.30. The maximum atomic E-state index is 10.9. The topological polar surface area (TPSA) is 84.4 Å². The molecule has 1 fully saturated rings. The third-order valence-electron chi connectivity index (χ3n) is 3.21. The number of nitrogens with zero attached hydrogens (tertiary/aromatic N) is 4. The predicted molar refractivity (Wildman–Crippen MR) is 61.9 cm³/mol. The summed E-state index contributed by atoms with van der Waals surface area (Å²) >= 11 is 0. The van der Waals surface area contributed by atoms with Gasteiger partial charge in [0.25, 0.3) is 0 Å². The molecule has 0 radical (unpaired) electrons. The fourth-order valence-electron chi connectivity index (χ4n) is 2.06. The number of hydrogen-bond acceptors (Lipinski definition) is 5. The zero-order valence-electron chi connectivity index (χ0n) is 9.91. The maximum absolute atomic E-state index is 10.9. The van der Waals surface area contributed by atoms with E-state index in [1.807, 2.05) is 6.92 Å². The first-order chi connectivity index (χ1) is 7.99. The molecule has 1 aliphatic rings. The summed E-state index contributed by atoms with van der Waals surface area (Å²) in [6.07, 6.45) is 1.75. The molecular formula is C10H16N4O3. The van der Waals surface area contributed by atoms with Crippen LogP contribution in [0.2, 0.25) is 0 Å². The zero-order valence-corrected chi connectivity index (χ0v) is 9.91. The summed E-state index contributed by atoms with van der Waals surface area (Å²) in [7, 11) is 1.65. The number of nitro groups is 1. The molecular weight excluding hydrogens is 224 g/mol. The molecule has 1 aliphatic heterocycles. The highest BCUT2D eigenvalue weighted by atomic mass is 16.6. The van der Waals surface area contributed by atoms with Gasteiger partial charge >= 0.3 is 5.69 Å². The second-order valence-electron chi connectivity index (χ2n) is 4.55. The standard InChI is InChI=1S/C10H16N4O3/c1-7-3-4-13(6-9(7)15)10-8(14(16)17)5-12(2)11-10/h5,7,9,15H,3-4,6H2,1-2H3. The Labute approximate surface area is 98.8 Å². The van der Waals surface area contributed by atoms with Crippen LogP contribution in [0, 0.1) is 16.0 Å². The van der Waals surface area contributed by atoms with E-state index in [2.05, 4.69) is 5.10 Å². The monoisotopic (exact) mass is 240 g/mol. The van der Waals surface area contributed by atoms with Crippen LogP contribution in [0.15, 0.2) is 6.20 Å². The number of hydrogen-bond donors (Lipinski definition) is 1. The molecule has 1 N–H and O–H groups in total. The van der Waals surface area contributed by atoms with Crippen LogP contribution >= 0.6 is 0 Å². The highest BCUT2D eigenvalue weighted by molar-refractivity contribution is 5.57. The molecule has 2 heterocycles. The van der Waals surface area contributed by atoms with Gasteiger partial charge in [-0.2, -0.15) is 0 Å². The minimum Gasteiger partial charge on any atom is -0.391 e. The lowest BCUT2D eigenvalue weighted by atomic mass is 9.96. The van der Waals surface area contributed by atoms with E-state index in [9.17, 15) is 15.2 Å². The molecule has 94 valence electrons. The molecule has 0 spiro atoms. The molecule has 2 rings (SSSR count). The van der Waals surface area contributed by atoms with E-state index in [4.69, 9.17) is 0 Å². The molecule has 0 aromatic carbocycles. The molecule has 17 heavy (non-hydrogen) atoms. The lowest BCUT2D eigenvalue weighted by Crippen LogP contribution is -2.43. The smallest absolute Gasteiger partial charge is 0.330 e. The normalized spacial score (nSPS) is 25.0. The van der Waals surface area contributed by atoms with E-state index in [1.54, 1.807) is 11.9 Å². The Bertz CT molecular complexity index is 431. The minimum atomic E-state index is -0.453. The maximum Gasteiger partial charge on any atom is 0.330 e. The van der Waals surface area contributed by atoms with Gasteiger partial charge in [0.2, 0.25) is 5.82 Å². The van der Waals surface area contributed by atoms with Crippen molar-refractivity contribution in [3.8, 4) is 0 Å². The Kier molecular flexibility index (Phi) is 3.01. The van der Waals surface area contributed by atoms with E-state index >= 15 is 0 Å². The van der Waals surface area contributed by atoms with Crippen molar-refractivity contribution in [1.29, 1.82) is 0 Å². The average Bonchev–Trinajstić information content (AvgIpc) is 2.64. The van der Waals surface area contributed by atoms with Gasteiger partial charge in [0.1, 0.15) is 6.20 Å². The number of rotatable bonds is 2. The molecule has 2 atom stereocenters. The number of piperidine rings is 1. The Morgan fingerprint density at radius 1 is 1.65 bits per heavy atom. The molecule has 1 aromatic heterocycles. The van der Waals surface area contributed by atoms with Gasteiger partial charge in [-0.1, -0.05) is 6.92 Å². The van der Waals surface area contributed by atoms with Crippen molar-refractivity contribution < 1.29 is 10.0 Å². The van der Waals surface area contributed by atoms with Gasteiger partial charge in [0, 0.05) is 20.1 Å². The highest BCUT2D eigenvalue weighted by Crippen LogP contribution is 2.29. The molecule has 0 aliphatic carbocycles. The van der Waals surface area contributed by atoms with E-state index < -0.39 is 11.0 Å². The Morgan fingerprint density at radius 2 is 2.35 bits per heavy atom. The van der Waals surface area contributed by atoms with E-state index in [0.29, 0.717) is 18.9 Å². The van der Waals surface area contributed by atoms with Crippen LogP contribution in [-0.2, 0) is 7.05 Å². The molecule has 7 nitrogen and oxygen atoms in total. The molecule has 7 heteroatoms. The average molecular weight is 240 g/mol. The van der Waals surface area contributed by atoms with Crippen molar-refractivity contribution in [1.82, 2.24) is 9.78 Å². The van der Waals surface area contributed by atoms with Crippen LogP contribution in [0.3, 0.4) is 0 Å². The first kappa shape index (κ1) is 11.8. The SMILES string of the molecule is CC1CCN(c2nn(C)cc2[N+](=O)[O-])CC1O. The van der Waals surface area contributed by atoms with Crippen molar-refractivity contribution in [3.05, 3.63) is 16.3 Å². The van der Waals surface area contributed by atoms with Crippen molar-refractivity contribution in [2.75, 3.05) is 18.0 Å². The van der Waals surface area contributed by atoms with Crippen LogP contribution in [0.4, 0.5) is 11.5 Å². The first-order valence-corrected chi connectivity index (χ1v) is 5.60. The Morgan fingerprint density at radius 3 is 2.94 bits per heavy atom. The molecule has 1 saturated heterocycles. The van der Waals surface area contributed by atoms with Crippen LogP contribution in [0.25, 0.3) is 0 Å². The lowest BCUT2D eigenvalue weighted by molar-refractivity contribution is -0.384. The summed E-state index contributed by atoms with van der Waals surface area (Å²) in [5.41, 5.74) is -0.00532. The fraction of sp³-hybridized carbons (Fsp3) is 0.700. The van der Waals surface area contributed by atoms with Crippen LogP contribution in [0.1, 0.15) is 13.3 Å². The van der Waals surface area contributed by atoms with Crippen molar-refractivity contribution >= 4 is 11.5 Å². The van der Waals surface area contributed by atoms with Gasteiger partial charge in [-0.25, -0.2) is 0 Å². The fourth-order valence-corrected chi connectivity index (χ4v) is 2.06. The third-order valence-corrected chi connectivity index (χ3v) is 3.21. The first-order valence-electron chi connectivity index (χ1n) is 5.60. The lowest BCUT2D eigenvalue weighted by Gasteiger charge is -2.33. The number of aryl methyl sites for hydroxylation is 1. The second-order valence-corrected chi connectivity index (χ2v) is 4.55. The molecule has 2 unspecified atom stereocenters. The summed E-state index contributed by atoms with van der Waals surface area (Å²) in [4.78, 5) is 12.2. The zero-order chi connectivity index (χ0) is 12.6. The van der Waals surface area contributed by atoms with Gasteiger partial charge < -0.3 is 10.0 Å². The van der Waals surface area contributed by atoms with Gasteiger partial charge in [-0.3, -0.25) is 14.8 Å². The number of aliphatic hydroxyl groups is 1. The summed E-state index contributed by atoms with van der Waals surface area (Å²) in [6.45, 7) is 3.07. The Hall–Kier alpha value is -1.63. The summed E-state index contributed by atoms with van der Waals surface area (Å²) < 4.78 is 1.43. The Balaban J connectivity index is 2.25. The van der Waals surface area contributed by atoms with Gasteiger partial charge in [0.05, 0.1) is 11.0 Å². The van der Waals surface area contributed by atoms with Crippen molar-refractivity contribution in [2.45, 2.75) is 19.4 Å². The van der Waals surface area contributed by atoms with Crippen LogP contribution in [-0.4, -0.2) is 39.0 Å². The molecule has 0 amide bonds. The summed E-state index contributed by atoms with van der Waals surface area (Å²) in [5.74, 6) is 0.581. The van der Waals surface area contributed by atoms with E-state index in [1.165, 1.54) is 10.9 Å². The van der Waals surface area contributed by atoms with Crippen molar-refractivity contribution in [3.63, 3.8) is 0 Å². The number of aliphatic hydroxyl groups excluding tert-OH is 1. The van der Waals surface area contributed by atoms with Gasteiger partial charge in [-0.05, 0) is 12.3 Å². The predicted octanol–water partition coefficient (Wildman–Crippen LogP) is 0.535. The number of β-amino-alcohol motifs (C(OH)–C–C–N with tert-alkyl or cyclic N) is 1. The number of anilines is 1. The largest absolute Gasteiger partial charge is 0.391 e.